The standard InChI is InChI=1S/C27H26O11/c1-12(2)8-9-18-24(36-15(5)30)22-23(32)21-19(35-14(4)29)10-17(34-13(3)28)11-20(21)38-26(22)27(25(18)33-7)37-16(6)31/h8,10-11H,9H2,1-7H3. The number of hydrogen-bond acceptors (Lipinski definition) is 11. The Labute approximate surface area is 216 Å². The van der Waals surface area contributed by atoms with E-state index in [4.69, 9.17) is 28.1 Å². The molecule has 0 saturated carbocycles. The molecule has 200 valence electrons. The van der Waals surface area contributed by atoms with Crippen LogP contribution in [0.15, 0.2) is 33.0 Å². The Morgan fingerprint density at radius 3 is 1.87 bits per heavy atom. The second kappa shape index (κ2) is 11.2. The van der Waals surface area contributed by atoms with Crippen molar-refractivity contribution in [3.8, 4) is 28.7 Å². The van der Waals surface area contributed by atoms with Crippen molar-refractivity contribution in [2.75, 3.05) is 7.11 Å². The van der Waals surface area contributed by atoms with E-state index < -0.39 is 29.3 Å². The van der Waals surface area contributed by atoms with Crippen molar-refractivity contribution in [3.63, 3.8) is 0 Å². The van der Waals surface area contributed by atoms with E-state index >= 15 is 0 Å². The molecule has 11 heteroatoms. The zero-order valence-electron chi connectivity index (χ0n) is 21.9. The third-order valence-corrected chi connectivity index (χ3v) is 5.05. The topological polar surface area (TPSA) is 145 Å². The van der Waals surface area contributed by atoms with Crippen LogP contribution in [0, 0.1) is 0 Å². The van der Waals surface area contributed by atoms with Gasteiger partial charge in [-0.3, -0.25) is 24.0 Å². The molecule has 0 atom stereocenters. The first-order chi connectivity index (χ1) is 17.8. The minimum absolute atomic E-state index is 0.000278. The number of benzene rings is 2. The average molecular weight is 526 g/mol. The lowest BCUT2D eigenvalue weighted by molar-refractivity contribution is -0.133. The van der Waals surface area contributed by atoms with Gasteiger partial charge in [0, 0.05) is 45.4 Å². The van der Waals surface area contributed by atoms with Gasteiger partial charge in [-0.25, -0.2) is 0 Å². The fourth-order valence-corrected chi connectivity index (χ4v) is 3.78. The predicted octanol–water partition coefficient (Wildman–Crippen LogP) is 4.16. The van der Waals surface area contributed by atoms with E-state index in [0.717, 1.165) is 33.3 Å². The molecule has 0 aliphatic carbocycles. The second-order valence-corrected chi connectivity index (χ2v) is 8.46. The zero-order chi connectivity index (χ0) is 28.3. The third kappa shape index (κ3) is 5.83. The third-order valence-electron chi connectivity index (χ3n) is 5.05. The summed E-state index contributed by atoms with van der Waals surface area (Å²) < 4.78 is 32.8. The van der Waals surface area contributed by atoms with Gasteiger partial charge in [-0.2, -0.15) is 0 Å². The molecule has 1 aromatic heterocycles. The fourth-order valence-electron chi connectivity index (χ4n) is 3.78. The average Bonchev–Trinajstić information content (AvgIpc) is 2.77. The number of esters is 4. The molecule has 0 aliphatic rings. The summed E-state index contributed by atoms with van der Waals surface area (Å²) in [6.07, 6.45) is 1.94. The van der Waals surface area contributed by atoms with E-state index in [9.17, 15) is 24.0 Å². The number of carbonyl (C=O) groups excluding carboxylic acids is 4. The zero-order valence-corrected chi connectivity index (χ0v) is 21.9. The number of fused-ring (bicyclic) bond motifs is 2. The van der Waals surface area contributed by atoms with Crippen molar-refractivity contribution < 1.29 is 47.3 Å². The van der Waals surface area contributed by atoms with Crippen molar-refractivity contribution in [2.24, 2.45) is 0 Å². The first-order valence-electron chi connectivity index (χ1n) is 11.4. The van der Waals surface area contributed by atoms with E-state index in [2.05, 4.69) is 0 Å². The Morgan fingerprint density at radius 2 is 1.34 bits per heavy atom. The lowest BCUT2D eigenvalue weighted by atomic mass is 10.0. The highest BCUT2D eigenvalue weighted by Gasteiger charge is 2.30. The van der Waals surface area contributed by atoms with Crippen molar-refractivity contribution in [1.29, 1.82) is 0 Å². The molecule has 1 heterocycles. The number of rotatable bonds is 7. The summed E-state index contributed by atoms with van der Waals surface area (Å²) in [5.74, 6) is -3.65. The minimum atomic E-state index is -0.766. The second-order valence-electron chi connectivity index (χ2n) is 8.46. The molecule has 0 fully saturated rings. The summed E-state index contributed by atoms with van der Waals surface area (Å²) in [5.41, 5.74) is -0.0579. The van der Waals surface area contributed by atoms with Crippen LogP contribution in [0.2, 0.25) is 0 Å². The number of hydrogen-bond donors (Lipinski definition) is 0. The molecular weight excluding hydrogens is 500 g/mol. The Hall–Kier alpha value is -4.67. The maximum Gasteiger partial charge on any atom is 0.308 e. The summed E-state index contributed by atoms with van der Waals surface area (Å²) >= 11 is 0. The van der Waals surface area contributed by atoms with E-state index in [1.807, 2.05) is 13.8 Å². The van der Waals surface area contributed by atoms with Crippen LogP contribution in [-0.4, -0.2) is 31.0 Å². The van der Waals surface area contributed by atoms with Gasteiger partial charge in [-0.05, 0) is 20.3 Å². The molecule has 0 N–H and O–H groups in total. The molecule has 38 heavy (non-hydrogen) atoms. The van der Waals surface area contributed by atoms with Crippen molar-refractivity contribution >= 4 is 45.8 Å². The molecule has 0 radical (unpaired) electrons. The first kappa shape index (κ1) is 27.9. The van der Waals surface area contributed by atoms with E-state index in [0.29, 0.717) is 0 Å². The highest BCUT2D eigenvalue weighted by atomic mass is 16.6. The maximum absolute atomic E-state index is 14.0. The van der Waals surface area contributed by atoms with Crippen LogP contribution in [0.5, 0.6) is 28.7 Å². The number of carbonyl (C=O) groups is 4. The Kier molecular flexibility index (Phi) is 8.20. The normalized spacial score (nSPS) is 10.6. The Morgan fingerprint density at radius 1 is 0.763 bits per heavy atom. The van der Waals surface area contributed by atoms with Crippen molar-refractivity contribution in [3.05, 3.63) is 39.6 Å². The summed E-state index contributed by atoms with van der Waals surface area (Å²) in [7, 11) is 1.31. The van der Waals surface area contributed by atoms with Gasteiger partial charge < -0.3 is 28.1 Å². The van der Waals surface area contributed by atoms with Crippen LogP contribution in [0.25, 0.3) is 21.9 Å². The first-order valence-corrected chi connectivity index (χ1v) is 11.4. The summed E-state index contributed by atoms with van der Waals surface area (Å²) in [4.78, 5) is 61.6. The van der Waals surface area contributed by atoms with Crippen LogP contribution in [0.4, 0.5) is 0 Å². The van der Waals surface area contributed by atoms with Crippen LogP contribution in [-0.2, 0) is 25.6 Å². The molecule has 0 unspecified atom stereocenters. The van der Waals surface area contributed by atoms with Gasteiger partial charge in [0.05, 0.1) is 7.11 Å². The lowest BCUT2D eigenvalue weighted by Gasteiger charge is -2.19. The molecule has 3 rings (SSSR count). The molecule has 0 aliphatic heterocycles. The smallest absolute Gasteiger partial charge is 0.308 e. The summed E-state index contributed by atoms with van der Waals surface area (Å²) in [6.45, 7) is 8.28. The highest BCUT2D eigenvalue weighted by Crippen LogP contribution is 2.47. The lowest BCUT2D eigenvalue weighted by Crippen LogP contribution is -2.15. The van der Waals surface area contributed by atoms with E-state index in [-0.39, 0.29) is 62.7 Å². The molecule has 0 spiro atoms. The van der Waals surface area contributed by atoms with E-state index in [1.54, 1.807) is 6.08 Å². The van der Waals surface area contributed by atoms with E-state index in [1.165, 1.54) is 19.2 Å². The number of allylic oxidation sites excluding steroid dienone is 2. The molecule has 0 bridgehead atoms. The summed E-state index contributed by atoms with van der Waals surface area (Å²) in [5, 5.41) is -0.459. The van der Waals surface area contributed by atoms with Gasteiger partial charge in [0.15, 0.2) is 17.1 Å². The Balaban J connectivity index is 2.65. The van der Waals surface area contributed by atoms with Gasteiger partial charge >= 0.3 is 23.9 Å². The molecule has 0 amide bonds. The minimum Gasteiger partial charge on any atom is -0.492 e. The van der Waals surface area contributed by atoms with Crippen molar-refractivity contribution in [1.82, 2.24) is 0 Å². The van der Waals surface area contributed by atoms with Crippen LogP contribution >= 0.6 is 0 Å². The molecule has 0 saturated heterocycles. The monoisotopic (exact) mass is 526 g/mol. The Bertz CT molecular complexity index is 1570. The SMILES string of the molecule is COc1c(CC=C(C)C)c(OC(C)=O)c2c(=O)c3c(OC(C)=O)cc(OC(C)=O)cc3oc2c1OC(C)=O. The van der Waals surface area contributed by atoms with Crippen molar-refractivity contribution in [2.45, 2.75) is 48.0 Å². The van der Waals surface area contributed by atoms with Crippen LogP contribution in [0.3, 0.4) is 0 Å². The number of ether oxygens (including phenoxy) is 5. The molecular formula is C27H26O11. The van der Waals surface area contributed by atoms with Gasteiger partial charge in [-0.1, -0.05) is 11.6 Å². The molecule has 11 nitrogen and oxygen atoms in total. The molecule has 2 aromatic carbocycles. The van der Waals surface area contributed by atoms with Gasteiger partial charge in [0.2, 0.25) is 11.2 Å². The van der Waals surface area contributed by atoms with Gasteiger partial charge in [0.25, 0.3) is 0 Å². The van der Waals surface area contributed by atoms with Crippen LogP contribution in [0.1, 0.15) is 47.1 Å². The summed E-state index contributed by atoms with van der Waals surface area (Å²) in [6, 6.07) is 2.41. The van der Waals surface area contributed by atoms with Crippen LogP contribution < -0.4 is 29.1 Å². The largest absolute Gasteiger partial charge is 0.492 e. The maximum atomic E-state index is 14.0. The molecule has 3 aromatic rings. The quantitative estimate of drug-likeness (QED) is 0.189. The predicted molar refractivity (Wildman–Crippen MR) is 135 cm³/mol. The number of methoxy groups -OCH3 is 1. The highest BCUT2D eigenvalue weighted by molar-refractivity contribution is 6.03. The van der Waals surface area contributed by atoms with Gasteiger partial charge in [0.1, 0.15) is 27.9 Å². The fraction of sp³-hybridized carbons (Fsp3) is 0.296. The van der Waals surface area contributed by atoms with Gasteiger partial charge in [-0.15, -0.1) is 0 Å².